The SMILES string of the molecule is CCOC(=O)C(C)(C)Oc1ccc(C=CC(=O)c2ccc(OC(F)(F)F)cc2)cc1C. The summed E-state index contributed by atoms with van der Waals surface area (Å²) in [6, 6.07) is 9.85. The normalized spacial score (nSPS) is 12.0. The van der Waals surface area contributed by atoms with Gasteiger partial charge in [0.25, 0.3) is 0 Å². The van der Waals surface area contributed by atoms with Gasteiger partial charge in [-0.3, -0.25) is 4.79 Å². The zero-order valence-corrected chi connectivity index (χ0v) is 17.6. The van der Waals surface area contributed by atoms with Gasteiger partial charge in [-0.2, -0.15) is 0 Å². The topological polar surface area (TPSA) is 61.8 Å². The third-order valence-electron chi connectivity index (χ3n) is 4.13. The van der Waals surface area contributed by atoms with E-state index < -0.39 is 23.7 Å². The molecule has 2 aromatic rings. The number of carbonyl (C=O) groups is 2. The molecule has 2 aromatic carbocycles. The molecule has 31 heavy (non-hydrogen) atoms. The molecule has 5 nitrogen and oxygen atoms in total. The number of aryl methyl sites for hydroxylation is 1. The highest BCUT2D eigenvalue weighted by Crippen LogP contribution is 2.26. The lowest BCUT2D eigenvalue weighted by atomic mass is 10.1. The molecule has 0 aliphatic carbocycles. The first kappa shape index (κ1) is 24.0. The maximum Gasteiger partial charge on any atom is 0.573 e. The highest BCUT2D eigenvalue weighted by molar-refractivity contribution is 6.06. The second-order valence-electron chi connectivity index (χ2n) is 7.13. The summed E-state index contributed by atoms with van der Waals surface area (Å²) in [6.07, 6.45) is -1.89. The van der Waals surface area contributed by atoms with Crippen LogP contribution in [0.3, 0.4) is 0 Å². The Balaban J connectivity index is 2.07. The molecule has 0 atom stereocenters. The quantitative estimate of drug-likeness (QED) is 0.310. The van der Waals surface area contributed by atoms with Crippen LogP contribution in [0.15, 0.2) is 48.5 Å². The molecule has 0 saturated carbocycles. The van der Waals surface area contributed by atoms with Gasteiger partial charge in [-0.1, -0.05) is 12.1 Å². The molecule has 0 amide bonds. The van der Waals surface area contributed by atoms with Crippen molar-refractivity contribution in [2.24, 2.45) is 0 Å². The van der Waals surface area contributed by atoms with Crippen LogP contribution in [0.1, 0.15) is 42.3 Å². The number of alkyl halides is 3. The minimum absolute atomic E-state index is 0.221. The van der Waals surface area contributed by atoms with E-state index in [1.807, 2.05) is 0 Å². The number of allylic oxidation sites excluding steroid dienone is 1. The summed E-state index contributed by atoms with van der Waals surface area (Å²) < 4.78 is 51.2. The van der Waals surface area contributed by atoms with Gasteiger partial charge in [-0.05, 0) is 81.3 Å². The van der Waals surface area contributed by atoms with E-state index in [0.29, 0.717) is 11.3 Å². The van der Waals surface area contributed by atoms with Crippen molar-refractivity contribution in [2.75, 3.05) is 6.61 Å². The first-order valence-corrected chi connectivity index (χ1v) is 9.46. The van der Waals surface area contributed by atoms with Crippen molar-refractivity contribution in [3.63, 3.8) is 0 Å². The van der Waals surface area contributed by atoms with E-state index in [-0.39, 0.29) is 18.0 Å². The lowest BCUT2D eigenvalue weighted by Crippen LogP contribution is -2.39. The Bertz CT molecular complexity index is 960. The molecular formula is C23H23F3O5. The van der Waals surface area contributed by atoms with Crippen LogP contribution in [-0.4, -0.2) is 30.3 Å². The molecule has 0 aliphatic rings. The number of hydrogen-bond donors (Lipinski definition) is 0. The summed E-state index contributed by atoms with van der Waals surface area (Å²) in [5.41, 5.74) is 0.527. The number of hydrogen-bond acceptors (Lipinski definition) is 5. The molecule has 0 saturated heterocycles. The Labute approximate surface area is 178 Å². The van der Waals surface area contributed by atoms with Gasteiger partial charge in [0, 0.05) is 5.56 Å². The standard InChI is InChI=1S/C23H23F3O5/c1-5-29-21(28)22(3,4)31-20-13-7-16(14-15(20)2)6-12-19(27)17-8-10-18(11-9-17)30-23(24,25)26/h6-14H,5H2,1-4H3. The van der Waals surface area contributed by atoms with Crippen LogP contribution in [-0.2, 0) is 9.53 Å². The minimum Gasteiger partial charge on any atom is -0.476 e. The summed E-state index contributed by atoms with van der Waals surface area (Å²) in [5, 5.41) is 0. The number of rotatable bonds is 8. The largest absolute Gasteiger partial charge is 0.573 e. The zero-order valence-electron chi connectivity index (χ0n) is 17.6. The summed E-state index contributed by atoms with van der Waals surface area (Å²) in [6.45, 7) is 6.99. The van der Waals surface area contributed by atoms with E-state index in [9.17, 15) is 22.8 Å². The van der Waals surface area contributed by atoms with Crippen LogP contribution >= 0.6 is 0 Å². The summed E-state index contributed by atoms with van der Waals surface area (Å²) in [7, 11) is 0. The molecule has 166 valence electrons. The first-order valence-electron chi connectivity index (χ1n) is 9.46. The van der Waals surface area contributed by atoms with Gasteiger partial charge in [0.1, 0.15) is 11.5 Å². The van der Waals surface area contributed by atoms with Gasteiger partial charge in [0.05, 0.1) is 6.61 Å². The first-order chi connectivity index (χ1) is 14.4. The molecule has 0 heterocycles. The highest BCUT2D eigenvalue weighted by Gasteiger charge is 2.32. The van der Waals surface area contributed by atoms with Crippen LogP contribution < -0.4 is 9.47 Å². The predicted molar refractivity (Wildman–Crippen MR) is 109 cm³/mol. The second kappa shape index (κ2) is 9.68. The van der Waals surface area contributed by atoms with Crippen molar-refractivity contribution in [1.82, 2.24) is 0 Å². The van der Waals surface area contributed by atoms with Gasteiger partial charge in [-0.15, -0.1) is 13.2 Å². The Morgan fingerprint density at radius 1 is 1.00 bits per heavy atom. The maximum absolute atomic E-state index is 12.3. The third-order valence-corrected chi connectivity index (χ3v) is 4.13. The number of carbonyl (C=O) groups excluding carboxylic acids is 2. The highest BCUT2D eigenvalue weighted by atomic mass is 19.4. The van der Waals surface area contributed by atoms with E-state index in [4.69, 9.17) is 9.47 Å². The van der Waals surface area contributed by atoms with Crippen LogP contribution in [0, 0.1) is 6.92 Å². The van der Waals surface area contributed by atoms with Gasteiger partial charge < -0.3 is 14.2 Å². The molecule has 0 bridgehead atoms. The fourth-order valence-corrected chi connectivity index (χ4v) is 2.60. The average molecular weight is 436 g/mol. The number of benzene rings is 2. The smallest absolute Gasteiger partial charge is 0.476 e. The van der Waals surface area contributed by atoms with Crippen LogP contribution in [0.25, 0.3) is 6.08 Å². The Kier molecular flexibility index (Phi) is 7.49. The fraction of sp³-hybridized carbons (Fsp3) is 0.304. The number of ketones is 1. The van der Waals surface area contributed by atoms with Crippen molar-refractivity contribution in [1.29, 1.82) is 0 Å². The fourth-order valence-electron chi connectivity index (χ4n) is 2.60. The molecule has 0 N–H and O–H groups in total. The number of esters is 1. The summed E-state index contributed by atoms with van der Waals surface area (Å²) in [5.74, 6) is -0.748. The zero-order chi connectivity index (χ0) is 23.2. The number of halogens is 3. The van der Waals surface area contributed by atoms with Crippen molar-refractivity contribution < 1.29 is 37.0 Å². The molecule has 0 unspecified atom stereocenters. The maximum atomic E-state index is 12.3. The molecule has 0 spiro atoms. The monoisotopic (exact) mass is 436 g/mol. The van der Waals surface area contributed by atoms with Crippen LogP contribution in [0.2, 0.25) is 0 Å². The lowest BCUT2D eigenvalue weighted by molar-refractivity contribution is -0.274. The van der Waals surface area contributed by atoms with Crippen molar-refractivity contribution in [2.45, 2.75) is 39.7 Å². The molecular weight excluding hydrogens is 413 g/mol. The van der Waals surface area contributed by atoms with E-state index in [1.165, 1.54) is 18.2 Å². The lowest BCUT2D eigenvalue weighted by Gasteiger charge is -2.25. The number of ether oxygens (including phenoxy) is 3. The summed E-state index contributed by atoms with van der Waals surface area (Å²) >= 11 is 0. The second-order valence-corrected chi connectivity index (χ2v) is 7.13. The van der Waals surface area contributed by atoms with Crippen molar-refractivity contribution in [3.05, 3.63) is 65.2 Å². The Hall–Kier alpha value is -3.29. The van der Waals surface area contributed by atoms with Gasteiger partial charge in [0.2, 0.25) is 0 Å². The minimum atomic E-state index is -4.79. The molecule has 0 radical (unpaired) electrons. The predicted octanol–water partition coefficient (Wildman–Crippen LogP) is 5.51. The molecule has 0 aromatic heterocycles. The van der Waals surface area contributed by atoms with E-state index in [0.717, 1.165) is 17.7 Å². The third kappa shape index (κ3) is 7.16. The molecule has 0 fully saturated rings. The summed E-state index contributed by atoms with van der Waals surface area (Å²) in [4.78, 5) is 24.3. The van der Waals surface area contributed by atoms with Crippen molar-refractivity contribution >= 4 is 17.8 Å². The van der Waals surface area contributed by atoms with E-state index in [2.05, 4.69) is 4.74 Å². The van der Waals surface area contributed by atoms with Crippen LogP contribution in [0.4, 0.5) is 13.2 Å². The Morgan fingerprint density at radius 2 is 1.65 bits per heavy atom. The van der Waals surface area contributed by atoms with Gasteiger partial charge in [-0.25, -0.2) is 4.79 Å². The van der Waals surface area contributed by atoms with Crippen molar-refractivity contribution in [3.8, 4) is 11.5 Å². The molecule has 2 rings (SSSR count). The molecule has 0 aliphatic heterocycles. The average Bonchev–Trinajstić information content (AvgIpc) is 2.67. The van der Waals surface area contributed by atoms with Gasteiger partial charge >= 0.3 is 12.3 Å². The van der Waals surface area contributed by atoms with E-state index in [1.54, 1.807) is 52.0 Å². The van der Waals surface area contributed by atoms with Crippen LogP contribution in [0.5, 0.6) is 11.5 Å². The Morgan fingerprint density at radius 3 is 2.19 bits per heavy atom. The van der Waals surface area contributed by atoms with Gasteiger partial charge in [0.15, 0.2) is 11.4 Å². The van der Waals surface area contributed by atoms with E-state index >= 15 is 0 Å². The molecule has 8 heteroatoms.